The number of carbonyl (C=O) groups is 1. The molecule has 3 rings (SSSR count). The predicted molar refractivity (Wildman–Crippen MR) is 112 cm³/mol. The van der Waals surface area contributed by atoms with Crippen LogP contribution < -0.4 is 10.0 Å². The number of nitrogens with one attached hydrogen (secondary N) is 2. The van der Waals surface area contributed by atoms with E-state index in [9.17, 15) is 18.3 Å². The molecule has 0 aliphatic carbocycles. The maximum Gasteiger partial charge on any atom is 0.345 e. The minimum absolute atomic E-state index is 0.0268. The Labute approximate surface area is 175 Å². The Morgan fingerprint density at radius 3 is 2.69 bits per heavy atom. The van der Waals surface area contributed by atoms with E-state index >= 15 is 0 Å². The van der Waals surface area contributed by atoms with Gasteiger partial charge in [-0.1, -0.05) is 0 Å². The van der Waals surface area contributed by atoms with Crippen molar-refractivity contribution in [3.63, 3.8) is 0 Å². The lowest BCUT2D eigenvalue weighted by Crippen LogP contribution is -2.30. The SMILES string of the molecule is Cc1ccc(CN=C2NS(=O)(=O)N=C2Nc2ccc(Br)c(C(=O)N(C)C)c2O)o1. The second-order valence-electron chi connectivity index (χ2n) is 6.34. The highest BCUT2D eigenvalue weighted by atomic mass is 79.9. The molecule has 0 saturated carbocycles. The molecule has 0 saturated heterocycles. The summed E-state index contributed by atoms with van der Waals surface area (Å²) in [4.78, 5) is 17.8. The summed E-state index contributed by atoms with van der Waals surface area (Å²) in [5.74, 6) is 0.309. The van der Waals surface area contributed by atoms with Gasteiger partial charge in [-0.2, -0.15) is 8.42 Å². The summed E-state index contributed by atoms with van der Waals surface area (Å²) in [5.41, 5.74) is 0.122. The first-order chi connectivity index (χ1) is 13.6. The molecule has 1 amide bonds. The Balaban J connectivity index is 1.93. The van der Waals surface area contributed by atoms with Crippen LogP contribution in [0.5, 0.6) is 5.75 Å². The standard InChI is InChI=1S/C17H18BrN5O5S/c1-9-4-5-10(28-9)8-19-15-16(22-29(26,27)21-15)20-12-7-6-11(18)13(14(12)24)17(25)23(2)3/h4-7,24H,8H2,1-3H3,(H,19,21)(H,20,22). The Morgan fingerprint density at radius 2 is 2.07 bits per heavy atom. The first-order valence-electron chi connectivity index (χ1n) is 8.30. The molecule has 0 unspecified atom stereocenters. The number of hydrogen-bond donors (Lipinski definition) is 3. The van der Waals surface area contributed by atoms with Gasteiger partial charge in [0.2, 0.25) is 0 Å². The van der Waals surface area contributed by atoms with Gasteiger partial charge in [0.25, 0.3) is 5.91 Å². The van der Waals surface area contributed by atoms with Crippen molar-refractivity contribution in [1.29, 1.82) is 0 Å². The second-order valence-corrected chi connectivity index (χ2v) is 8.53. The lowest BCUT2D eigenvalue weighted by atomic mass is 10.1. The number of phenols is 1. The molecule has 2 heterocycles. The molecule has 3 N–H and O–H groups in total. The second kappa shape index (κ2) is 7.87. The number of aliphatic imine (C=N–C) groups is 1. The van der Waals surface area contributed by atoms with Crippen molar-refractivity contribution >= 4 is 49.4 Å². The van der Waals surface area contributed by atoms with E-state index in [0.29, 0.717) is 16.0 Å². The number of amidine groups is 2. The maximum absolute atomic E-state index is 12.3. The Morgan fingerprint density at radius 1 is 1.34 bits per heavy atom. The molecule has 0 spiro atoms. The Bertz CT molecular complexity index is 1140. The van der Waals surface area contributed by atoms with Crippen molar-refractivity contribution < 1.29 is 22.7 Å². The highest BCUT2D eigenvalue weighted by molar-refractivity contribution is 9.10. The third kappa shape index (κ3) is 4.59. The summed E-state index contributed by atoms with van der Waals surface area (Å²) >= 11 is 3.24. The van der Waals surface area contributed by atoms with Crippen LogP contribution in [-0.4, -0.2) is 50.1 Å². The van der Waals surface area contributed by atoms with E-state index in [4.69, 9.17) is 4.42 Å². The number of aryl methyl sites for hydroxylation is 1. The number of hydrogen-bond acceptors (Lipinski definition) is 7. The molecule has 154 valence electrons. The van der Waals surface area contributed by atoms with E-state index in [0.717, 1.165) is 0 Å². The van der Waals surface area contributed by atoms with Crippen LogP contribution in [0.3, 0.4) is 0 Å². The number of anilines is 1. The number of phenolic OH excluding ortho intramolecular Hbond substituents is 1. The van der Waals surface area contributed by atoms with E-state index in [2.05, 4.69) is 35.4 Å². The van der Waals surface area contributed by atoms with Crippen LogP contribution in [0.15, 0.2) is 42.5 Å². The summed E-state index contributed by atoms with van der Waals surface area (Å²) in [7, 11) is -0.880. The molecule has 0 atom stereocenters. The van der Waals surface area contributed by atoms with Gasteiger partial charge in [-0.15, -0.1) is 4.40 Å². The summed E-state index contributed by atoms with van der Waals surface area (Å²) < 4.78 is 35.4. The number of rotatable bonds is 4. The van der Waals surface area contributed by atoms with Gasteiger partial charge in [0.1, 0.15) is 11.5 Å². The first-order valence-corrected chi connectivity index (χ1v) is 10.5. The fraction of sp³-hybridized carbons (Fsp3) is 0.235. The molecule has 12 heteroatoms. The number of carbonyl (C=O) groups excluding carboxylic acids is 1. The monoisotopic (exact) mass is 483 g/mol. The number of benzene rings is 1. The van der Waals surface area contributed by atoms with Crippen LogP contribution in [0, 0.1) is 6.92 Å². The molecule has 1 aliphatic heterocycles. The predicted octanol–water partition coefficient (Wildman–Crippen LogP) is 2.02. The van der Waals surface area contributed by atoms with Crippen LogP contribution in [0.1, 0.15) is 21.9 Å². The zero-order valence-corrected chi connectivity index (χ0v) is 18.1. The normalized spacial score (nSPS) is 16.4. The topological polar surface area (TPSA) is 137 Å². The minimum atomic E-state index is -3.98. The molecule has 10 nitrogen and oxygen atoms in total. The smallest absolute Gasteiger partial charge is 0.345 e. The van der Waals surface area contributed by atoms with Gasteiger partial charge in [-0.3, -0.25) is 9.79 Å². The van der Waals surface area contributed by atoms with Crippen molar-refractivity contribution in [2.45, 2.75) is 13.5 Å². The zero-order chi connectivity index (χ0) is 21.3. The van der Waals surface area contributed by atoms with Crippen LogP contribution in [-0.2, 0) is 16.8 Å². The van der Waals surface area contributed by atoms with E-state index in [1.165, 1.54) is 11.0 Å². The van der Waals surface area contributed by atoms with E-state index in [-0.39, 0.29) is 35.2 Å². The average Bonchev–Trinajstić information content (AvgIpc) is 3.17. The van der Waals surface area contributed by atoms with Gasteiger partial charge < -0.3 is 19.7 Å². The van der Waals surface area contributed by atoms with Crippen molar-refractivity contribution in [1.82, 2.24) is 9.62 Å². The average molecular weight is 484 g/mol. The summed E-state index contributed by atoms with van der Waals surface area (Å²) in [6.07, 6.45) is 0. The van der Waals surface area contributed by atoms with Crippen molar-refractivity contribution in [2.75, 3.05) is 19.4 Å². The summed E-state index contributed by atoms with van der Waals surface area (Å²) in [6.45, 7) is 1.87. The highest BCUT2D eigenvalue weighted by Gasteiger charge is 2.28. The van der Waals surface area contributed by atoms with E-state index in [1.807, 2.05) is 0 Å². The van der Waals surface area contributed by atoms with Crippen LogP contribution in [0.2, 0.25) is 0 Å². The molecule has 29 heavy (non-hydrogen) atoms. The molecule has 0 bridgehead atoms. The molecular formula is C17H18BrN5O5S. The quantitative estimate of drug-likeness (QED) is 0.568. The van der Waals surface area contributed by atoms with E-state index < -0.39 is 16.1 Å². The van der Waals surface area contributed by atoms with Crippen LogP contribution >= 0.6 is 15.9 Å². The number of aromatic hydroxyl groups is 1. The van der Waals surface area contributed by atoms with Gasteiger partial charge in [-0.25, -0.2) is 4.72 Å². The zero-order valence-electron chi connectivity index (χ0n) is 15.7. The Kier molecular flexibility index (Phi) is 5.66. The van der Waals surface area contributed by atoms with Crippen LogP contribution in [0.25, 0.3) is 0 Å². The number of amides is 1. The molecule has 1 aromatic carbocycles. The number of furan rings is 1. The fourth-order valence-electron chi connectivity index (χ4n) is 2.50. The van der Waals surface area contributed by atoms with Crippen molar-refractivity contribution in [3.05, 3.63) is 45.8 Å². The molecule has 1 aliphatic rings. The number of nitrogens with zero attached hydrogens (tertiary/aromatic N) is 3. The molecule has 2 aromatic rings. The van der Waals surface area contributed by atoms with Gasteiger partial charge in [0, 0.05) is 18.6 Å². The maximum atomic E-state index is 12.3. The van der Waals surface area contributed by atoms with Gasteiger partial charge in [0.15, 0.2) is 17.4 Å². The van der Waals surface area contributed by atoms with Crippen molar-refractivity contribution in [2.24, 2.45) is 9.39 Å². The summed E-state index contributed by atoms with van der Waals surface area (Å²) in [5, 5.41) is 13.3. The minimum Gasteiger partial charge on any atom is -0.505 e. The third-order valence-electron chi connectivity index (χ3n) is 3.85. The highest BCUT2D eigenvalue weighted by Crippen LogP contribution is 2.34. The van der Waals surface area contributed by atoms with Gasteiger partial charge in [-0.05, 0) is 47.1 Å². The Hall–Kier alpha value is -2.86. The lowest BCUT2D eigenvalue weighted by Gasteiger charge is -2.16. The summed E-state index contributed by atoms with van der Waals surface area (Å²) in [6, 6.07) is 6.53. The third-order valence-corrected chi connectivity index (χ3v) is 5.39. The molecular weight excluding hydrogens is 466 g/mol. The van der Waals surface area contributed by atoms with Crippen LogP contribution in [0.4, 0.5) is 5.69 Å². The van der Waals surface area contributed by atoms with E-state index in [1.54, 1.807) is 39.2 Å². The molecule has 1 aromatic heterocycles. The number of halogens is 1. The fourth-order valence-corrected chi connectivity index (χ4v) is 3.81. The molecule has 0 fully saturated rings. The van der Waals surface area contributed by atoms with Gasteiger partial charge >= 0.3 is 10.2 Å². The molecule has 0 radical (unpaired) electrons. The largest absolute Gasteiger partial charge is 0.505 e. The first kappa shape index (κ1) is 20.9. The van der Waals surface area contributed by atoms with Crippen molar-refractivity contribution in [3.8, 4) is 5.75 Å². The van der Waals surface area contributed by atoms with Gasteiger partial charge in [0.05, 0.1) is 17.8 Å². The lowest BCUT2D eigenvalue weighted by molar-refractivity contribution is 0.0824.